The number of ketones is 1. The molecule has 0 fully saturated rings. The van der Waals surface area contributed by atoms with E-state index in [0.717, 1.165) is 36.1 Å². The number of benzene rings is 3. The standard InChI is InChI=1S/C32H38O4/c1-3-5-6-7-10-31(28-18-16-27(17-19-28)30(33)9-8-11-32(34)35)36-29-22-20-26(21-23-29)25-14-12-24(4-2)13-15-25/h12-23,31H,3-11H2,1-2H3,(H,34,35). The van der Waals surface area contributed by atoms with Crippen LogP contribution in [0.3, 0.4) is 0 Å². The smallest absolute Gasteiger partial charge is 0.303 e. The summed E-state index contributed by atoms with van der Waals surface area (Å²) in [5.41, 5.74) is 5.35. The van der Waals surface area contributed by atoms with E-state index < -0.39 is 5.97 Å². The zero-order valence-electron chi connectivity index (χ0n) is 21.5. The second kappa shape index (κ2) is 14.2. The number of aryl methyl sites for hydroxylation is 1. The van der Waals surface area contributed by atoms with Crippen molar-refractivity contribution in [2.24, 2.45) is 0 Å². The van der Waals surface area contributed by atoms with Crippen LogP contribution in [0.1, 0.15) is 92.8 Å². The molecule has 3 aromatic carbocycles. The number of carbonyl (C=O) groups excluding carboxylic acids is 1. The number of carbonyl (C=O) groups is 2. The fourth-order valence-corrected chi connectivity index (χ4v) is 4.30. The third-order valence-corrected chi connectivity index (χ3v) is 6.55. The van der Waals surface area contributed by atoms with Crippen molar-refractivity contribution in [1.29, 1.82) is 0 Å². The van der Waals surface area contributed by atoms with E-state index >= 15 is 0 Å². The van der Waals surface area contributed by atoms with Crippen molar-refractivity contribution >= 4 is 11.8 Å². The van der Waals surface area contributed by atoms with E-state index in [9.17, 15) is 9.59 Å². The summed E-state index contributed by atoms with van der Waals surface area (Å²) >= 11 is 0. The molecule has 0 saturated carbocycles. The monoisotopic (exact) mass is 486 g/mol. The third kappa shape index (κ3) is 8.37. The van der Waals surface area contributed by atoms with Crippen LogP contribution in [0.2, 0.25) is 0 Å². The summed E-state index contributed by atoms with van der Waals surface area (Å²) in [5, 5.41) is 8.79. The fraction of sp³-hybridized carbons (Fsp3) is 0.375. The number of aliphatic carboxylic acids is 1. The molecular formula is C32H38O4. The summed E-state index contributed by atoms with van der Waals surface area (Å²) in [5.74, 6) is -0.0624. The van der Waals surface area contributed by atoms with Crippen LogP contribution in [-0.4, -0.2) is 16.9 Å². The number of carboxylic acid groups (broad SMARTS) is 1. The Labute approximate surface area is 215 Å². The Morgan fingerprint density at radius 3 is 1.97 bits per heavy atom. The molecule has 1 atom stereocenters. The third-order valence-electron chi connectivity index (χ3n) is 6.55. The average Bonchev–Trinajstić information content (AvgIpc) is 2.90. The molecule has 0 aliphatic carbocycles. The molecule has 0 aliphatic heterocycles. The number of hydrogen-bond donors (Lipinski definition) is 1. The van der Waals surface area contributed by atoms with Gasteiger partial charge in [-0.3, -0.25) is 9.59 Å². The maximum absolute atomic E-state index is 12.4. The molecule has 0 radical (unpaired) electrons. The molecule has 1 unspecified atom stereocenters. The van der Waals surface area contributed by atoms with E-state index in [1.54, 1.807) is 0 Å². The molecule has 190 valence electrons. The molecule has 1 N–H and O–H groups in total. The maximum Gasteiger partial charge on any atom is 0.303 e. The lowest BCUT2D eigenvalue weighted by atomic mass is 9.98. The summed E-state index contributed by atoms with van der Waals surface area (Å²) in [6.45, 7) is 4.37. The quantitative estimate of drug-likeness (QED) is 0.173. The van der Waals surface area contributed by atoms with Crippen LogP contribution in [-0.2, 0) is 11.2 Å². The fourth-order valence-electron chi connectivity index (χ4n) is 4.30. The van der Waals surface area contributed by atoms with E-state index in [2.05, 4.69) is 50.2 Å². The van der Waals surface area contributed by atoms with Gasteiger partial charge in [-0.05, 0) is 60.1 Å². The molecule has 0 bridgehead atoms. The number of ether oxygens (including phenoxy) is 1. The Balaban J connectivity index is 1.69. The Morgan fingerprint density at radius 1 is 0.750 bits per heavy atom. The second-order valence-corrected chi connectivity index (χ2v) is 9.32. The molecule has 3 rings (SSSR count). The summed E-state index contributed by atoms with van der Waals surface area (Å²) in [7, 11) is 0. The second-order valence-electron chi connectivity index (χ2n) is 9.32. The van der Waals surface area contributed by atoms with Gasteiger partial charge in [-0.1, -0.05) is 93.8 Å². The lowest BCUT2D eigenvalue weighted by molar-refractivity contribution is -0.137. The van der Waals surface area contributed by atoms with Gasteiger partial charge in [-0.2, -0.15) is 0 Å². The number of rotatable bonds is 15. The van der Waals surface area contributed by atoms with Gasteiger partial charge in [-0.15, -0.1) is 0 Å². The largest absolute Gasteiger partial charge is 0.486 e. The van der Waals surface area contributed by atoms with Crippen LogP contribution in [0, 0.1) is 0 Å². The zero-order valence-corrected chi connectivity index (χ0v) is 21.5. The van der Waals surface area contributed by atoms with Crippen molar-refractivity contribution in [3.05, 3.63) is 89.5 Å². The van der Waals surface area contributed by atoms with Gasteiger partial charge in [0.25, 0.3) is 0 Å². The van der Waals surface area contributed by atoms with Gasteiger partial charge in [0.05, 0.1) is 0 Å². The Morgan fingerprint density at radius 2 is 1.39 bits per heavy atom. The lowest BCUT2D eigenvalue weighted by Crippen LogP contribution is -2.09. The van der Waals surface area contributed by atoms with Crippen LogP contribution >= 0.6 is 0 Å². The lowest BCUT2D eigenvalue weighted by Gasteiger charge is -2.20. The highest BCUT2D eigenvalue weighted by Gasteiger charge is 2.15. The van der Waals surface area contributed by atoms with Crippen molar-refractivity contribution in [1.82, 2.24) is 0 Å². The van der Waals surface area contributed by atoms with Crippen LogP contribution in [0.15, 0.2) is 72.8 Å². The molecule has 4 nitrogen and oxygen atoms in total. The van der Waals surface area contributed by atoms with E-state index in [0.29, 0.717) is 12.0 Å². The van der Waals surface area contributed by atoms with Crippen LogP contribution in [0.4, 0.5) is 0 Å². The van der Waals surface area contributed by atoms with Gasteiger partial charge in [0.15, 0.2) is 5.78 Å². The molecule has 0 amide bonds. The molecule has 36 heavy (non-hydrogen) atoms. The van der Waals surface area contributed by atoms with Gasteiger partial charge in [0.1, 0.15) is 11.9 Å². The van der Waals surface area contributed by atoms with Gasteiger partial charge in [0, 0.05) is 18.4 Å². The van der Waals surface area contributed by atoms with E-state index in [4.69, 9.17) is 9.84 Å². The first-order valence-corrected chi connectivity index (χ1v) is 13.2. The highest BCUT2D eigenvalue weighted by Crippen LogP contribution is 2.30. The van der Waals surface area contributed by atoms with Crippen LogP contribution < -0.4 is 4.74 Å². The summed E-state index contributed by atoms with van der Waals surface area (Å²) in [4.78, 5) is 23.1. The van der Waals surface area contributed by atoms with Gasteiger partial charge in [-0.25, -0.2) is 0 Å². The minimum atomic E-state index is -0.872. The molecule has 0 spiro atoms. The minimum Gasteiger partial charge on any atom is -0.486 e. The van der Waals surface area contributed by atoms with Gasteiger partial charge in [0.2, 0.25) is 0 Å². The number of hydrogen-bond acceptors (Lipinski definition) is 3. The molecule has 0 aromatic heterocycles. The van der Waals surface area contributed by atoms with Crippen molar-refractivity contribution < 1.29 is 19.4 Å². The van der Waals surface area contributed by atoms with E-state index in [1.165, 1.54) is 30.4 Å². The SMILES string of the molecule is CCCCCCC(Oc1ccc(-c2ccc(CC)cc2)cc1)c1ccc(C(=O)CCCC(=O)O)cc1. The van der Waals surface area contributed by atoms with Crippen molar-refractivity contribution in [3.8, 4) is 16.9 Å². The molecule has 3 aromatic rings. The highest BCUT2D eigenvalue weighted by molar-refractivity contribution is 5.96. The van der Waals surface area contributed by atoms with Crippen molar-refractivity contribution in [3.63, 3.8) is 0 Å². The van der Waals surface area contributed by atoms with Gasteiger partial charge < -0.3 is 9.84 Å². The Kier molecular flexibility index (Phi) is 10.7. The number of Topliss-reactive ketones (excluding diaryl/α,β-unsaturated/α-hetero) is 1. The Hall–Kier alpha value is -3.40. The molecule has 0 aliphatic rings. The average molecular weight is 487 g/mol. The number of carboxylic acids is 1. The molecular weight excluding hydrogens is 448 g/mol. The van der Waals surface area contributed by atoms with Gasteiger partial charge >= 0.3 is 5.97 Å². The zero-order chi connectivity index (χ0) is 25.8. The summed E-state index contributed by atoms with van der Waals surface area (Å²) in [6, 6.07) is 24.5. The van der Waals surface area contributed by atoms with Crippen molar-refractivity contribution in [2.75, 3.05) is 0 Å². The molecule has 4 heteroatoms. The first kappa shape index (κ1) is 27.2. The number of unbranched alkanes of at least 4 members (excludes halogenated alkanes) is 3. The van der Waals surface area contributed by atoms with Crippen LogP contribution in [0.25, 0.3) is 11.1 Å². The molecule has 0 saturated heterocycles. The molecule has 0 heterocycles. The topological polar surface area (TPSA) is 63.6 Å². The first-order chi connectivity index (χ1) is 17.5. The van der Waals surface area contributed by atoms with Crippen molar-refractivity contribution in [2.45, 2.75) is 77.7 Å². The minimum absolute atomic E-state index is 0.0142. The highest BCUT2D eigenvalue weighted by atomic mass is 16.5. The predicted octanol–water partition coefficient (Wildman–Crippen LogP) is 8.44. The Bertz CT molecular complexity index is 1080. The van der Waals surface area contributed by atoms with Crippen LogP contribution in [0.5, 0.6) is 5.75 Å². The first-order valence-electron chi connectivity index (χ1n) is 13.2. The van der Waals surface area contributed by atoms with E-state index in [1.807, 2.05) is 36.4 Å². The normalized spacial score (nSPS) is 11.7. The summed E-state index contributed by atoms with van der Waals surface area (Å²) < 4.78 is 6.45. The maximum atomic E-state index is 12.4. The predicted molar refractivity (Wildman–Crippen MR) is 146 cm³/mol. The summed E-state index contributed by atoms with van der Waals surface area (Å²) in [6.07, 6.45) is 7.12. The van der Waals surface area contributed by atoms with E-state index in [-0.39, 0.29) is 24.7 Å².